The third-order valence-electron chi connectivity index (χ3n) is 4.27. The number of carbonyl (C=O) groups is 2. The molecule has 0 spiro atoms. The Morgan fingerprint density at radius 2 is 2.08 bits per heavy atom. The van der Waals surface area contributed by atoms with E-state index in [1.807, 2.05) is 22.4 Å². The van der Waals surface area contributed by atoms with Gasteiger partial charge in [0.15, 0.2) is 0 Å². The molecular weight excluding hydrogens is 340 g/mol. The molecule has 0 bridgehead atoms. The van der Waals surface area contributed by atoms with Crippen molar-refractivity contribution in [3.63, 3.8) is 0 Å². The van der Waals surface area contributed by atoms with Crippen LogP contribution < -0.4 is 0 Å². The lowest BCUT2D eigenvalue weighted by molar-refractivity contribution is -0.130. The Bertz CT molecular complexity index is 710. The molecule has 0 unspecified atom stereocenters. The van der Waals surface area contributed by atoms with Crippen molar-refractivity contribution < 1.29 is 18.7 Å². The molecule has 2 aromatic heterocycles. The first-order valence-electron chi connectivity index (χ1n) is 8.35. The molecular formula is C18H22N2O4S. The topological polar surface area (TPSA) is 63.0 Å². The maximum atomic E-state index is 12.4. The quantitative estimate of drug-likeness (QED) is 0.765. The second-order valence-corrected chi connectivity index (χ2v) is 7.06. The third-order valence-corrected chi connectivity index (χ3v) is 5.15. The zero-order chi connectivity index (χ0) is 17.6. The average molecular weight is 362 g/mol. The lowest BCUT2D eigenvalue weighted by atomic mass is 10.3. The van der Waals surface area contributed by atoms with Crippen molar-refractivity contribution in [3.8, 4) is 0 Å². The molecule has 7 heteroatoms. The van der Waals surface area contributed by atoms with Crippen molar-refractivity contribution in [3.05, 3.63) is 46.0 Å². The van der Waals surface area contributed by atoms with E-state index < -0.39 is 5.97 Å². The summed E-state index contributed by atoms with van der Waals surface area (Å²) in [5, 5.41) is 2.00. The molecule has 6 nitrogen and oxygen atoms in total. The number of furan rings is 1. The fourth-order valence-electron chi connectivity index (χ4n) is 2.95. The number of hydrogen-bond acceptors (Lipinski definition) is 6. The molecule has 0 saturated carbocycles. The summed E-state index contributed by atoms with van der Waals surface area (Å²) >= 11 is 1.62. The maximum absolute atomic E-state index is 12.4. The van der Waals surface area contributed by atoms with E-state index in [0.29, 0.717) is 13.0 Å². The summed E-state index contributed by atoms with van der Waals surface area (Å²) in [4.78, 5) is 29.2. The molecule has 134 valence electrons. The van der Waals surface area contributed by atoms with Crippen molar-refractivity contribution >= 4 is 23.2 Å². The van der Waals surface area contributed by atoms with Crippen molar-refractivity contribution in [2.45, 2.75) is 19.4 Å². The van der Waals surface area contributed by atoms with E-state index in [9.17, 15) is 9.59 Å². The minimum atomic E-state index is -0.465. The van der Waals surface area contributed by atoms with Gasteiger partial charge >= 0.3 is 5.97 Å². The normalized spacial score (nSPS) is 15.8. The molecule has 3 rings (SSSR count). The zero-order valence-electron chi connectivity index (χ0n) is 14.3. The number of nitrogens with zero attached hydrogens (tertiary/aromatic N) is 2. The summed E-state index contributed by atoms with van der Waals surface area (Å²) in [6.45, 7) is 3.83. The second-order valence-electron chi connectivity index (χ2n) is 6.02. The Morgan fingerprint density at radius 3 is 2.84 bits per heavy atom. The van der Waals surface area contributed by atoms with Gasteiger partial charge < -0.3 is 14.1 Å². The van der Waals surface area contributed by atoms with Gasteiger partial charge in [-0.25, -0.2) is 4.79 Å². The summed E-state index contributed by atoms with van der Waals surface area (Å²) < 4.78 is 10.2. The van der Waals surface area contributed by atoms with E-state index in [4.69, 9.17) is 4.42 Å². The van der Waals surface area contributed by atoms with Gasteiger partial charge in [0.1, 0.15) is 5.76 Å². The van der Waals surface area contributed by atoms with Crippen molar-refractivity contribution in [1.29, 1.82) is 0 Å². The standard InChI is InChI=1S/C18H22N2O4S/c1-23-18(22)16-6-5-14(24-16)13-19-7-3-8-20(10-9-19)17(21)12-15-4-2-11-25-15/h2,4-6,11H,3,7-10,12-13H2,1H3. The Hall–Kier alpha value is -2.12. The van der Waals surface area contributed by atoms with E-state index in [2.05, 4.69) is 9.64 Å². The maximum Gasteiger partial charge on any atom is 0.373 e. The molecule has 3 heterocycles. The largest absolute Gasteiger partial charge is 0.463 e. The summed E-state index contributed by atoms with van der Waals surface area (Å²) in [5.41, 5.74) is 0. The Balaban J connectivity index is 1.52. The van der Waals surface area contributed by atoms with Crippen LogP contribution in [0, 0.1) is 0 Å². The molecule has 0 aromatic carbocycles. The molecule has 1 fully saturated rings. The van der Waals surface area contributed by atoms with Gasteiger partial charge in [0.05, 0.1) is 20.1 Å². The predicted molar refractivity (Wildman–Crippen MR) is 94.5 cm³/mol. The van der Waals surface area contributed by atoms with Crippen molar-refractivity contribution in [2.75, 3.05) is 33.3 Å². The number of esters is 1. The highest BCUT2D eigenvalue weighted by Gasteiger charge is 2.21. The molecule has 1 aliphatic heterocycles. The van der Waals surface area contributed by atoms with E-state index in [-0.39, 0.29) is 11.7 Å². The monoisotopic (exact) mass is 362 g/mol. The molecule has 0 N–H and O–H groups in total. The molecule has 1 amide bonds. The summed E-state index contributed by atoms with van der Waals surface area (Å²) in [6.07, 6.45) is 1.42. The zero-order valence-corrected chi connectivity index (χ0v) is 15.1. The van der Waals surface area contributed by atoms with Crippen LogP contribution in [0.1, 0.15) is 27.6 Å². The highest BCUT2D eigenvalue weighted by Crippen LogP contribution is 2.15. The summed E-state index contributed by atoms with van der Waals surface area (Å²) in [6, 6.07) is 7.42. The van der Waals surface area contributed by atoms with Crippen molar-refractivity contribution in [2.24, 2.45) is 0 Å². The molecule has 0 aliphatic carbocycles. The van der Waals surface area contributed by atoms with Gasteiger partial charge in [0.25, 0.3) is 0 Å². The van der Waals surface area contributed by atoms with E-state index in [0.717, 1.165) is 43.2 Å². The molecule has 1 saturated heterocycles. The number of methoxy groups -OCH3 is 1. The minimum absolute atomic E-state index is 0.190. The van der Waals surface area contributed by atoms with Crippen LogP contribution in [0.3, 0.4) is 0 Å². The number of thiophene rings is 1. The van der Waals surface area contributed by atoms with E-state index in [1.54, 1.807) is 23.5 Å². The fourth-order valence-corrected chi connectivity index (χ4v) is 3.64. The second kappa shape index (κ2) is 8.31. The first kappa shape index (κ1) is 17.7. The number of amides is 1. The number of rotatable bonds is 5. The SMILES string of the molecule is COC(=O)c1ccc(CN2CCCN(C(=O)Cc3cccs3)CC2)o1. The smallest absolute Gasteiger partial charge is 0.373 e. The molecule has 1 aliphatic rings. The average Bonchev–Trinajstić information content (AvgIpc) is 3.23. The summed E-state index contributed by atoms with van der Waals surface area (Å²) in [7, 11) is 1.33. The minimum Gasteiger partial charge on any atom is -0.463 e. The lowest BCUT2D eigenvalue weighted by Gasteiger charge is -2.21. The highest BCUT2D eigenvalue weighted by atomic mass is 32.1. The van der Waals surface area contributed by atoms with Crippen molar-refractivity contribution in [1.82, 2.24) is 9.80 Å². The van der Waals surface area contributed by atoms with Gasteiger partial charge in [-0.1, -0.05) is 6.07 Å². The van der Waals surface area contributed by atoms with E-state index >= 15 is 0 Å². The molecule has 0 atom stereocenters. The summed E-state index contributed by atoms with van der Waals surface area (Å²) in [5.74, 6) is 0.682. The van der Waals surface area contributed by atoms with Crippen LogP contribution in [-0.2, 0) is 22.5 Å². The van der Waals surface area contributed by atoms with Gasteiger partial charge in [0.2, 0.25) is 11.7 Å². The Morgan fingerprint density at radius 1 is 1.20 bits per heavy atom. The van der Waals surface area contributed by atoms with Gasteiger partial charge in [-0.3, -0.25) is 9.69 Å². The third kappa shape index (κ3) is 4.70. The van der Waals surface area contributed by atoms with Crippen LogP contribution in [0.5, 0.6) is 0 Å². The predicted octanol–water partition coefficient (Wildman–Crippen LogP) is 2.40. The first-order valence-corrected chi connectivity index (χ1v) is 9.23. The van der Waals surface area contributed by atoms with Crippen LogP contribution >= 0.6 is 11.3 Å². The van der Waals surface area contributed by atoms with Crippen LogP contribution in [0.2, 0.25) is 0 Å². The van der Waals surface area contributed by atoms with Gasteiger partial charge in [-0.2, -0.15) is 0 Å². The Labute approximate surface area is 151 Å². The van der Waals surface area contributed by atoms with Gasteiger partial charge in [-0.15, -0.1) is 11.3 Å². The van der Waals surface area contributed by atoms with Gasteiger partial charge in [-0.05, 0) is 30.0 Å². The van der Waals surface area contributed by atoms with Crippen LogP contribution in [0.4, 0.5) is 0 Å². The molecule has 2 aromatic rings. The van der Waals surface area contributed by atoms with Crippen LogP contribution in [0.15, 0.2) is 34.1 Å². The van der Waals surface area contributed by atoms with Crippen LogP contribution in [-0.4, -0.2) is 55.0 Å². The number of hydrogen-bond donors (Lipinski definition) is 0. The fraction of sp³-hybridized carbons (Fsp3) is 0.444. The molecule has 0 radical (unpaired) electrons. The van der Waals surface area contributed by atoms with Crippen LogP contribution in [0.25, 0.3) is 0 Å². The first-order chi connectivity index (χ1) is 12.2. The van der Waals surface area contributed by atoms with E-state index in [1.165, 1.54) is 7.11 Å². The number of ether oxygens (including phenoxy) is 1. The lowest BCUT2D eigenvalue weighted by Crippen LogP contribution is -2.35. The molecule has 25 heavy (non-hydrogen) atoms. The van der Waals surface area contributed by atoms with Gasteiger partial charge in [0, 0.05) is 31.1 Å². The number of carbonyl (C=O) groups excluding carboxylic acids is 2. The highest BCUT2D eigenvalue weighted by molar-refractivity contribution is 7.10. The Kier molecular flexibility index (Phi) is 5.88.